The number of amides is 1. The monoisotopic (exact) mass is 400 g/mol. The van der Waals surface area contributed by atoms with Crippen LogP contribution in [0.25, 0.3) is 0 Å². The number of nitrogens with one attached hydrogen (secondary N) is 1. The molecule has 0 spiro atoms. The first-order valence-corrected chi connectivity index (χ1v) is 9.78. The van der Waals surface area contributed by atoms with Crippen molar-refractivity contribution < 1.29 is 23.8 Å². The van der Waals surface area contributed by atoms with E-state index in [9.17, 15) is 9.59 Å². The second-order valence-electron chi connectivity index (χ2n) is 6.28. The molecule has 7 nitrogen and oxygen atoms in total. The third-order valence-corrected chi connectivity index (χ3v) is 5.06. The van der Waals surface area contributed by atoms with Crippen LogP contribution in [0.1, 0.15) is 35.7 Å². The van der Waals surface area contributed by atoms with Gasteiger partial charge in [0, 0.05) is 6.61 Å². The number of nitrogens with zero attached hydrogens (tertiary/aromatic N) is 1. The quantitative estimate of drug-likeness (QED) is 0.716. The molecule has 28 heavy (non-hydrogen) atoms. The van der Waals surface area contributed by atoms with Gasteiger partial charge in [-0.3, -0.25) is 4.79 Å². The average Bonchev–Trinajstić information content (AvgIpc) is 3.38. The molecule has 8 heteroatoms. The largest absolute Gasteiger partial charge is 0.491 e. The average molecular weight is 400 g/mol. The van der Waals surface area contributed by atoms with Gasteiger partial charge in [0.15, 0.2) is 6.10 Å². The van der Waals surface area contributed by atoms with Crippen LogP contribution < -0.4 is 10.1 Å². The molecule has 1 amide bonds. The molecular weight excluding hydrogens is 380 g/mol. The van der Waals surface area contributed by atoms with Crippen molar-refractivity contribution in [2.24, 2.45) is 0 Å². The Labute approximate surface area is 166 Å². The number of hydrogen-bond donors (Lipinski definition) is 1. The SMILES string of the molecule is C[C@@H](OC(=O)c1ccc(OC[C@H]2CCCO2)cc1)C(=O)Nc1sccc1C#N. The maximum Gasteiger partial charge on any atom is 0.338 e. The van der Waals surface area contributed by atoms with E-state index in [2.05, 4.69) is 5.32 Å². The molecule has 2 aromatic rings. The van der Waals surface area contributed by atoms with Crippen molar-refractivity contribution in [2.45, 2.75) is 32.0 Å². The molecule has 1 fully saturated rings. The van der Waals surface area contributed by atoms with Crippen LogP contribution in [0.2, 0.25) is 0 Å². The molecular formula is C20H20N2O5S. The molecule has 1 N–H and O–H groups in total. The van der Waals surface area contributed by atoms with Gasteiger partial charge in [0.2, 0.25) is 0 Å². The summed E-state index contributed by atoms with van der Waals surface area (Å²) in [6.07, 6.45) is 1.16. The number of nitriles is 1. The van der Waals surface area contributed by atoms with Crippen LogP contribution >= 0.6 is 11.3 Å². The van der Waals surface area contributed by atoms with Gasteiger partial charge in [-0.25, -0.2) is 4.79 Å². The lowest BCUT2D eigenvalue weighted by atomic mass is 10.2. The van der Waals surface area contributed by atoms with Crippen molar-refractivity contribution in [3.8, 4) is 11.8 Å². The summed E-state index contributed by atoms with van der Waals surface area (Å²) in [7, 11) is 0. The lowest BCUT2D eigenvalue weighted by Crippen LogP contribution is -2.29. The lowest BCUT2D eigenvalue weighted by molar-refractivity contribution is -0.123. The van der Waals surface area contributed by atoms with Crippen molar-refractivity contribution in [1.29, 1.82) is 5.26 Å². The van der Waals surface area contributed by atoms with Crippen LogP contribution in [0.5, 0.6) is 5.75 Å². The van der Waals surface area contributed by atoms with Crippen molar-refractivity contribution in [1.82, 2.24) is 0 Å². The highest BCUT2D eigenvalue weighted by Crippen LogP contribution is 2.22. The Morgan fingerprint density at radius 1 is 1.36 bits per heavy atom. The van der Waals surface area contributed by atoms with Gasteiger partial charge in [0.1, 0.15) is 23.4 Å². The predicted octanol–water partition coefficient (Wildman–Crippen LogP) is 3.36. The first-order chi connectivity index (χ1) is 13.6. The number of benzene rings is 1. The first kappa shape index (κ1) is 19.9. The smallest absolute Gasteiger partial charge is 0.338 e. The minimum absolute atomic E-state index is 0.119. The van der Waals surface area contributed by atoms with Gasteiger partial charge in [0.05, 0.1) is 17.2 Å². The van der Waals surface area contributed by atoms with Crippen LogP contribution in [-0.2, 0) is 14.3 Å². The van der Waals surface area contributed by atoms with Crippen LogP contribution in [0, 0.1) is 11.3 Å². The van der Waals surface area contributed by atoms with Gasteiger partial charge in [0.25, 0.3) is 5.91 Å². The summed E-state index contributed by atoms with van der Waals surface area (Å²) in [6.45, 7) is 2.73. The van der Waals surface area contributed by atoms with Crippen molar-refractivity contribution >= 4 is 28.2 Å². The number of ether oxygens (including phenoxy) is 3. The zero-order chi connectivity index (χ0) is 19.9. The van der Waals surface area contributed by atoms with Gasteiger partial charge in [-0.1, -0.05) is 0 Å². The minimum Gasteiger partial charge on any atom is -0.491 e. The Kier molecular flexibility index (Phi) is 6.63. The molecule has 0 saturated carbocycles. The van der Waals surface area contributed by atoms with Crippen LogP contribution in [0.15, 0.2) is 35.7 Å². The molecule has 0 unspecified atom stereocenters. The summed E-state index contributed by atoms with van der Waals surface area (Å²) in [5.41, 5.74) is 0.688. The fourth-order valence-electron chi connectivity index (χ4n) is 2.64. The molecule has 1 aromatic carbocycles. The Balaban J connectivity index is 1.50. The fourth-order valence-corrected chi connectivity index (χ4v) is 3.38. The van der Waals surface area contributed by atoms with E-state index in [1.165, 1.54) is 18.3 Å². The molecule has 1 saturated heterocycles. The topological polar surface area (TPSA) is 97.7 Å². The Morgan fingerprint density at radius 3 is 2.82 bits per heavy atom. The van der Waals surface area contributed by atoms with Crippen molar-refractivity contribution in [2.75, 3.05) is 18.5 Å². The zero-order valence-electron chi connectivity index (χ0n) is 15.3. The number of rotatable bonds is 7. The van der Waals surface area contributed by atoms with E-state index in [1.807, 2.05) is 6.07 Å². The molecule has 1 aliphatic heterocycles. The van der Waals surface area contributed by atoms with Crippen molar-refractivity contribution in [3.63, 3.8) is 0 Å². The first-order valence-electron chi connectivity index (χ1n) is 8.90. The standard InChI is InChI=1S/C20H20N2O5S/c1-13(18(23)22-19-15(11-21)8-10-28-19)27-20(24)14-4-6-16(7-5-14)26-12-17-3-2-9-25-17/h4-8,10,13,17H,2-3,9,12H2,1H3,(H,22,23)/t13-,17-/m1/s1. The highest BCUT2D eigenvalue weighted by Gasteiger charge is 2.21. The molecule has 2 heterocycles. The maximum atomic E-state index is 12.3. The molecule has 1 aliphatic rings. The number of thiophene rings is 1. The Morgan fingerprint density at radius 2 is 2.14 bits per heavy atom. The molecule has 1 aromatic heterocycles. The van der Waals surface area contributed by atoms with E-state index in [4.69, 9.17) is 19.5 Å². The van der Waals surface area contributed by atoms with E-state index >= 15 is 0 Å². The lowest BCUT2D eigenvalue weighted by Gasteiger charge is -2.14. The number of carbonyl (C=O) groups excluding carboxylic acids is 2. The summed E-state index contributed by atoms with van der Waals surface area (Å²) in [5.74, 6) is -0.469. The maximum absolute atomic E-state index is 12.3. The summed E-state index contributed by atoms with van der Waals surface area (Å²) < 4.78 is 16.4. The third-order valence-electron chi connectivity index (χ3n) is 4.23. The summed E-state index contributed by atoms with van der Waals surface area (Å²) in [6, 6.07) is 10.1. The summed E-state index contributed by atoms with van der Waals surface area (Å²) >= 11 is 1.23. The van der Waals surface area contributed by atoms with Crippen LogP contribution in [-0.4, -0.2) is 37.3 Å². The van der Waals surface area contributed by atoms with E-state index in [0.717, 1.165) is 19.4 Å². The zero-order valence-corrected chi connectivity index (χ0v) is 16.2. The van der Waals surface area contributed by atoms with Crippen LogP contribution in [0.4, 0.5) is 5.00 Å². The predicted molar refractivity (Wildman–Crippen MR) is 103 cm³/mol. The summed E-state index contributed by atoms with van der Waals surface area (Å²) in [4.78, 5) is 24.4. The molecule has 0 aliphatic carbocycles. The number of hydrogen-bond acceptors (Lipinski definition) is 7. The van der Waals surface area contributed by atoms with Gasteiger partial charge in [-0.2, -0.15) is 5.26 Å². The highest BCUT2D eigenvalue weighted by atomic mass is 32.1. The van der Waals surface area contributed by atoms with E-state index in [-0.39, 0.29) is 6.10 Å². The van der Waals surface area contributed by atoms with E-state index < -0.39 is 18.0 Å². The molecule has 0 bridgehead atoms. The number of esters is 1. The van der Waals surface area contributed by atoms with E-state index in [0.29, 0.717) is 28.5 Å². The Hall–Kier alpha value is -2.89. The molecule has 3 rings (SSSR count). The Bertz CT molecular complexity index is 865. The van der Waals surface area contributed by atoms with E-state index in [1.54, 1.807) is 35.7 Å². The second-order valence-corrected chi connectivity index (χ2v) is 7.20. The molecule has 146 valence electrons. The van der Waals surface area contributed by atoms with Gasteiger partial charge < -0.3 is 19.5 Å². The number of carbonyl (C=O) groups is 2. The van der Waals surface area contributed by atoms with Crippen LogP contribution in [0.3, 0.4) is 0 Å². The highest BCUT2D eigenvalue weighted by molar-refractivity contribution is 7.14. The number of anilines is 1. The van der Waals surface area contributed by atoms with Crippen molar-refractivity contribution in [3.05, 3.63) is 46.8 Å². The fraction of sp³-hybridized carbons (Fsp3) is 0.350. The second kappa shape index (κ2) is 9.35. The van der Waals surface area contributed by atoms with Gasteiger partial charge >= 0.3 is 5.97 Å². The molecule has 2 atom stereocenters. The third kappa shape index (κ3) is 5.09. The van der Waals surface area contributed by atoms with Gasteiger partial charge in [-0.15, -0.1) is 11.3 Å². The molecule has 0 radical (unpaired) electrons. The normalized spacial score (nSPS) is 16.8. The summed E-state index contributed by atoms with van der Waals surface area (Å²) in [5, 5.41) is 13.7. The van der Waals surface area contributed by atoms with Gasteiger partial charge in [-0.05, 0) is 55.5 Å². The minimum atomic E-state index is -1.00.